The molecule has 0 fully saturated rings. The molecule has 0 heterocycles. The van der Waals surface area contributed by atoms with Gasteiger partial charge >= 0.3 is 0 Å². The predicted molar refractivity (Wildman–Crippen MR) is 85.2 cm³/mol. The number of halogens is 1. The highest BCUT2D eigenvalue weighted by Crippen LogP contribution is 2.23. The van der Waals surface area contributed by atoms with Gasteiger partial charge in [0, 0.05) is 0 Å². The molecule has 0 radical (unpaired) electrons. The van der Waals surface area contributed by atoms with Crippen molar-refractivity contribution in [3.8, 4) is 0 Å². The van der Waals surface area contributed by atoms with Gasteiger partial charge in [0.1, 0.15) is 0 Å². The first-order valence-corrected chi connectivity index (χ1v) is 6.96. The van der Waals surface area contributed by atoms with Crippen molar-refractivity contribution in [1.29, 1.82) is 0 Å². The van der Waals surface area contributed by atoms with Crippen LogP contribution in [-0.2, 0) is 0 Å². The molecule has 0 aromatic rings. The summed E-state index contributed by atoms with van der Waals surface area (Å²) in [5.41, 5.74) is 0. The molecule has 2 heteroatoms. The maximum atomic E-state index is 2.32. The number of rotatable bonds is 8. The minimum absolute atomic E-state index is 0. The van der Waals surface area contributed by atoms with Crippen molar-refractivity contribution in [3.05, 3.63) is 12.2 Å². The smallest absolute Gasteiger partial charge is 0.00531 e. The van der Waals surface area contributed by atoms with E-state index in [-0.39, 0.29) is 17.0 Å². The first-order valence-electron chi connectivity index (χ1n) is 6.96. The number of nitrogens with zero attached hydrogens (tertiary/aromatic N) is 1. The van der Waals surface area contributed by atoms with Gasteiger partial charge in [-0.05, 0) is 33.5 Å². The second-order valence-electron chi connectivity index (χ2n) is 5.30. The summed E-state index contributed by atoms with van der Waals surface area (Å²) in [5.74, 6) is 0.903. The normalized spacial score (nSPS) is 13.0. The highest BCUT2D eigenvalue weighted by atomic mass is 79.9. The van der Waals surface area contributed by atoms with Crippen LogP contribution in [0.1, 0.15) is 58.3 Å². The number of unbranched alkanes of at least 4 members (excludes halogenated alkanes) is 6. The van der Waals surface area contributed by atoms with Crippen LogP contribution in [0, 0.1) is 5.92 Å². The molecule has 1 nitrogen and oxygen atoms in total. The van der Waals surface area contributed by atoms with Gasteiger partial charge in [-0.25, -0.2) is 0 Å². The standard InChI is InChI=1S/C12H22.C3H9N.BrH/c1-2-3-4-5-6-7-8-9-12-10-11-12;1-4(2)3;/h10-12H,2-9H2,1H3;1-3H3;1H. The molecular formula is C15H32BrN. The minimum atomic E-state index is 0. The third-order valence-electron chi connectivity index (χ3n) is 2.61. The van der Waals surface area contributed by atoms with Gasteiger partial charge in [-0.1, -0.05) is 64.0 Å². The summed E-state index contributed by atoms with van der Waals surface area (Å²) < 4.78 is 0. The van der Waals surface area contributed by atoms with Crippen LogP contribution in [0.2, 0.25) is 0 Å². The Morgan fingerprint density at radius 1 is 0.824 bits per heavy atom. The van der Waals surface area contributed by atoms with E-state index in [1.54, 1.807) is 0 Å². The zero-order valence-electron chi connectivity index (χ0n) is 12.2. The van der Waals surface area contributed by atoms with Crippen LogP contribution >= 0.6 is 17.0 Å². The van der Waals surface area contributed by atoms with Crippen LogP contribution in [0.25, 0.3) is 0 Å². The molecule has 17 heavy (non-hydrogen) atoms. The monoisotopic (exact) mass is 305 g/mol. The summed E-state index contributed by atoms with van der Waals surface area (Å²) in [7, 11) is 6.00. The largest absolute Gasteiger partial charge is 0.312 e. The first-order chi connectivity index (χ1) is 7.66. The third-order valence-corrected chi connectivity index (χ3v) is 2.61. The SMILES string of the molecule is Br.CCCCCCCCCC1C=C1.CN(C)C. The molecule has 0 N–H and O–H groups in total. The Kier molecular flexibility index (Phi) is 16.4. The summed E-state index contributed by atoms with van der Waals surface area (Å²) >= 11 is 0. The zero-order chi connectivity index (χ0) is 12.2. The van der Waals surface area contributed by atoms with Gasteiger partial charge in [0.25, 0.3) is 0 Å². The average Bonchev–Trinajstić information content (AvgIpc) is 2.99. The van der Waals surface area contributed by atoms with E-state index in [0.29, 0.717) is 0 Å². The van der Waals surface area contributed by atoms with Crippen LogP contribution in [0.15, 0.2) is 12.2 Å². The van der Waals surface area contributed by atoms with E-state index in [9.17, 15) is 0 Å². The van der Waals surface area contributed by atoms with E-state index in [1.807, 2.05) is 26.0 Å². The average molecular weight is 306 g/mol. The molecule has 104 valence electrons. The lowest BCUT2D eigenvalue weighted by Crippen LogP contribution is -1.99. The summed E-state index contributed by atoms with van der Waals surface area (Å²) in [4.78, 5) is 2.00. The Bertz CT molecular complexity index is 158. The van der Waals surface area contributed by atoms with E-state index in [0.717, 1.165) is 5.92 Å². The molecule has 0 aliphatic heterocycles. The van der Waals surface area contributed by atoms with Crippen molar-refractivity contribution in [2.75, 3.05) is 21.1 Å². The lowest BCUT2D eigenvalue weighted by atomic mass is 10.1. The number of hydrogen-bond acceptors (Lipinski definition) is 1. The molecule has 0 aromatic heterocycles. The minimum Gasteiger partial charge on any atom is -0.312 e. The van der Waals surface area contributed by atoms with Gasteiger partial charge in [-0.2, -0.15) is 0 Å². The van der Waals surface area contributed by atoms with Gasteiger partial charge in [0.2, 0.25) is 0 Å². The van der Waals surface area contributed by atoms with E-state index in [1.165, 1.54) is 51.4 Å². The fourth-order valence-corrected chi connectivity index (χ4v) is 1.61. The lowest BCUT2D eigenvalue weighted by molar-refractivity contribution is 0.505. The second kappa shape index (κ2) is 14.2. The van der Waals surface area contributed by atoms with Crippen LogP contribution in [0.5, 0.6) is 0 Å². The Labute approximate surface area is 119 Å². The number of hydrogen-bond donors (Lipinski definition) is 0. The molecule has 0 unspecified atom stereocenters. The summed E-state index contributed by atoms with van der Waals surface area (Å²) in [6, 6.07) is 0. The van der Waals surface area contributed by atoms with Crippen molar-refractivity contribution in [2.24, 2.45) is 5.92 Å². The summed E-state index contributed by atoms with van der Waals surface area (Å²) in [6.07, 6.45) is 16.2. The molecule has 0 spiro atoms. The summed E-state index contributed by atoms with van der Waals surface area (Å²) in [5, 5.41) is 0. The van der Waals surface area contributed by atoms with Crippen molar-refractivity contribution in [3.63, 3.8) is 0 Å². The molecule has 1 aliphatic rings. The lowest BCUT2D eigenvalue weighted by Gasteiger charge is -1.99. The second-order valence-corrected chi connectivity index (χ2v) is 5.30. The van der Waals surface area contributed by atoms with E-state index in [2.05, 4.69) is 19.1 Å². The molecule has 0 saturated heterocycles. The van der Waals surface area contributed by atoms with E-state index in [4.69, 9.17) is 0 Å². The highest BCUT2D eigenvalue weighted by Gasteiger charge is 2.08. The molecular weight excluding hydrogens is 274 g/mol. The molecule has 0 amide bonds. The van der Waals surface area contributed by atoms with Crippen LogP contribution in [-0.4, -0.2) is 26.0 Å². The molecule has 1 aliphatic carbocycles. The van der Waals surface area contributed by atoms with Gasteiger partial charge in [-0.15, -0.1) is 17.0 Å². The predicted octanol–water partition coefficient (Wildman–Crippen LogP) is 5.07. The fraction of sp³-hybridized carbons (Fsp3) is 0.867. The molecule has 0 saturated carbocycles. The quantitative estimate of drug-likeness (QED) is 0.447. The Morgan fingerprint density at radius 3 is 1.65 bits per heavy atom. The van der Waals surface area contributed by atoms with Crippen molar-refractivity contribution >= 4 is 17.0 Å². The van der Waals surface area contributed by atoms with Gasteiger partial charge < -0.3 is 4.90 Å². The Balaban J connectivity index is 0. The zero-order valence-corrected chi connectivity index (χ0v) is 14.0. The van der Waals surface area contributed by atoms with Gasteiger partial charge in [-0.3, -0.25) is 0 Å². The van der Waals surface area contributed by atoms with Crippen molar-refractivity contribution in [2.45, 2.75) is 58.3 Å². The maximum absolute atomic E-state index is 2.32. The Hall–Kier alpha value is 0.180. The molecule has 0 atom stereocenters. The topological polar surface area (TPSA) is 3.24 Å². The van der Waals surface area contributed by atoms with E-state index < -0.39 is 0 Å². The van der Waals surface area contributed by atoms with E-state index >= 15 is 0 Å². The highest BCUT2D eigenvalue weighted by molar-refractivity contribution is 8.93. The van der Waals surface area contributed by atoms with Crippen molar-refractivity contribution in [1.82, 2.24) is 4.90 Å². The van der Waals surface area contributed by atoms with Crippen LogP contribution in [0.3, 0.4) is 0 Å². The number of allylic oxidation sites excluding steroid dienone is 2. The van der Waals surface area contributed by atoms with Crippen LogP contribution < -0.4 is 0 Å². The summed E-state index contributed by atoms with van der Waals surface area (Å²) in [6.45, 7) is 2.28. The van der Waals surface area contributed by atoms with Gasteiger partial charge in [0.05, 0.1) is 0 Å². The van der Waals surface area contributed by atoms with Crippen LogP contribution in [0.4, 0.5) is 0 Å². The maximum Gasteiger partial charge on any atom is -0.00531 e. The molecule has 0 aromatic carbocycles. The fourth-order valence-electron chi connectivity index (χ4n) is 1.61. The van der Waals surface area contributed by atoms with Gasteiger partial charge in [0.15, 0.2) is 0 Å². The third kappa shape index (κ3) is 21.9. The molecule has 0 bridgehead atoms. The van der Waals surface area contributed by atoms with Crippen molar-refractivity contribution < 1.29 is 0 Å². The molecule has 1 rings (SSSR count). The Morgan fingerprint density at radius 2 is 1.24 bits per heavy atom. The first kappa shape index (κ1) is 19.5.